The average Bonchev–Trinajstić information content (AvgIpc) is 3.21. The van der Waals surface area contributed by atoms with Crippen LogP contribution in [0.25, 0.3) is 11.3 Å². The lowest BCUT2D eigenvalue weighted by atomic mass is 9.99. The fourth-order valence-corrected chi connectivity index (χ4v) is 3.13. The molecule has 27 heavy (non-hydrogen) atoms. The van der Waals surface area contributed by atoms with Crippen molar-refractivity contribution in [3.05, 3.63) is 42.2 Å². The number of aliphatic carboxylic acids is 1. The van der Waals surface area contributed by atoms with E-state index in [1.54, 1.807) is 0 Å². The second-order valence-corrected chi connectivity index (χ2v) is 6.35. The van der Waals surface area contributed by atoms with E-state index in [1.807, 2.05) is 0 Å². The summed E-state index contributed by atoms with van der Waals surface area (Å²) >= 11 is 0. The SMILES string of the molecule is CC1(C(=O)O)CCCN1C(=O)c1ccc(-c2ccccc2OC(F)(F)F)o1. The number of furan rings is 1. The zero-order valence-electron chi connectivity index (χ0n) is 14.2. The van der Waals surface area contributed by atoms with Crippen molar-refractivity contribution in [3.63, 3.8) is 0 Å². The van der Waals surface area contributed by atoms with E-state index in [1.165, 1.54) is 42.2 Å². The Morgan fingerprint density at radius 3 is 2.59 bits per heavy atom. The number of carboxylic acid groups (broad SMARTS) is 1. The predicted molar refractivity (Wildman–Crippen MR) is 87.1 cm³/mol. The quantitative estimate of drug-likeness (QED) is 0.866. The van der Waals surface area contributed by atoms with Crippen LogP contribution in [0, 0.1) is 0 Å². The topological polar surface area (TPSA) is 80.0 Å². The Morgan fingerprint density at radius 1 is 1.22 bits per heavy atom. The molecule has 3 rings (SSSR count). The van der Waals surface area contributed by atoms with Gasteiger partial charge in [0.2, 0.25) is 0 Å². The van der Waals surface area contributed by atoms with Gasteiger partial charge in [-0.15, -0.1) is 13.2 Å². The molecule has 1 fully saturated rings. The molecule has 1 saturated heterocycles. The molecule has 0 radical (unpaired) electrons. The fraction of sp³-hybridized carbons (Fsp3) is 0.333. The molecule has 1 atom stereocenters. The van der Waals surface area contributed by atoms with Gasteiger partial charge in [0.1, 0.15) is 17.0 Å². The fourth-order valence-electron chi connectivity index (χ4n) is 3.13. The van der Waals surface area contributed by atoms with Crippen molar-refractivity contribution in [1.82, 2.24) is 4.90 Å². The van der Waals surface area contributed by atoms with Gasteiger partial charge in [0.25, 0.3) is 5.91 Å². The van der Waals surface area contributed by atoms with Gasteiger partial charge in [-0.2, -0.15) is 0 Å². The Labute approximate surface area is 152 Å². The van der Waals surface area contributed by atoms with E-state index >= 15 is 0 Å². The number of carboxylic acids is 1. The maximum atomic E-state index is 12.7. The summed E-state index contributed by atoms with van der Waals surface area (Å²) in [7, 11) is 0. The third kappa shape index (κ3) is 3.62. The molecule has 0 bridgehead atoms. The minimum absolute atomic E-state index is 0.00873. The third-order valence-corrected chi connectivity index (χ3v) is 4.54. The van der Waals surface area contributed by atoms with Gasteiger partial charge < -0.3 is 19.2 Å². The van der Waals surface area contributed by atoms with Gasteiger partial charge >= 0.3 is 12.3 Å². The number of ether oxygens (including phenoxy) is 1. The van der Waals surface area contributed by atoms with Gasteiger partial charge in [0.05, 0.1) is 5.56 Å². The molecule has 0 aliphatic carbocycles. The number of hydrogen-bond donors (Lipinski definition) is 1. The first kappa shape index (κ1) is 18.8. The minimum atomic E-state index is -4.87. The highest BCUT2D eigenvalue weighted by Gasteiger charge is 2.46. The summed E-state index contributed by atoms with van der Waals surface area (Å²) in [5.74, 6) is -2.35. The molecule has 9 heteroatoms. The molecule has 1 N–H and O–H groups in total. The number of carbonyl (C=O) groups excluding carboxylic acids is 1. The number of halogens is 3. The molecular formula is C18H16F3NO5. The highest BCUT2D eigenvalue weighted by molar-refractivity contribution is 5.96. The maximum Gasteiger partial charge on any atom is 0.573 e. The molecule has 2 heterocycles. The van der Waals surface area contributed by atoms with Crippen LogP contribution < -0.4 is 4.74 Å². The monoisotopic (exact) mass is 383 g/mol. The van der Waals surface area contributed by atoms with Crippen molar-refractivity contribution >= 4 is 11.9 Å². The summed E-state index contributed by atoms with van der Waals surface area (Å²) in [5.41, 5.74) is -1.32. The Morgan fingerprint density at radius 2 is 1.93 bits per heavy atom. The van der Waals surface area contributed by atoms with Crippen molar-refractivity contribution in [3.8, 4) is 17.1 Å². The van der Waals surface area contributed by atoms with Gasteiger partial charge in [-0.3, -0.25) is 4.79 Å². The lowest BCUT2D eigenvalue weighted by molar-refractivity contribution is -0.274. The number of likely N-dealkylation sites (tertiary alicyclic amines) is 1. The molecule has 1 unspecified atom stereocenters. The summed E-state index contributed by atoms with van der Waals surface area (Å²) < 4.78 is 47.1. The molecule has 0 spiro atoms. The van der Waals surface area contributed by atoms with E-state index in [2.05, 4.69) is 4.74 Å². The minimum Gasteiger partial charge on any atom is -0.480 e. The Balaban J connectivity index is 1.90. The average molecular weight is 383 g/mol. The first-order valence-electron chi connectivity index (χ1n) is 8.12. The molecule has 1 aromatic carbocycles. The van der Waals surface area contributed by atoms with E-state index in [-0.39, 0.29) is 23.6 Å². The highest BCUT2D eigenvalue weighted by Crippen LogP contribution is 2.36. The van der Waals surface area contributed by atoms with Gasteiger partial charge in [0, 0.05) is 6.54 Å². The molecule has 1 amide bonds. The first-order valence-corrected chi connectivity index (χ1v) is 8.12. The Kier molecular flexibility index (Phi) is 4.63. The van der Waals surface area contributed by atoms with E-state index < -0.39 is 29.5 Å². The van der Waals surface area contributed by atoms with E-state index in [9.17, 15) is 27.9 Å². The van der Waals surface area contributed by atoms with Crippen LogP contribution in [0.15, 0.2) is 40.8 Å². The van der Waals surface area contributed by atoms with Crippen LogP contribution in [0.3, 0.4) is 0 Å². The lowest BCUT2D eigenvalue weighted by Crippen LogP contribution is -2.50. The largest absolute Gasteiger partial charge is 0.573 e. The van der Waals surface area contributed by atoms with Crippen molar-refractivity contribution < 1.29 is 37.0 Å². The van der Waals surface area contributed by atoms with Crippen molar-refractivity contribution in [1.29, 1.82) is 0 Å². The maximum absolute atomic E-state index is 12.7. The number of hydrogen-bond acceptors (Lipinski definition) is 4. The molecule has 1 aliphatic rings. The lowest BCUT2D eigenvalue weighted by Gasteiger charge is -2.30. The number of carbonyl (C=O) groups is 2. The first-order chi connectivity index (χ1) is 12.6. The molecule has 0 saturated carbocycles. The number of nitrogens with zero attached hydrogens (tertiary/aromatic N) is 1. The Hall–Kier alpha value is -2.97. The van der Waals surface area contributed by atoms with Crippen LogP contribution in [-0.2, 0) is 4.79 Å². The van der Waals surface area contributed by atoms with Gasteiger partial charge in [-0.1, -0.05) is 12.1 Å². The smallest absolute Gasteiger partial charge is 0.480 e. The van der Waals surface area contributed by atoms with Crippen LogP contribution in [0.4, 0.5) is 13.2 Å². The van der Waals surface area contributed by atoms with E-state index in [0.29, 0.717) is 12.8 Å². The molecular weight excluding hydrogens is 367 g/mol. The van der Waals surface area contributed by atoms with E-state index in [4.69, 9.17) is 4.42 Å². The van der Waals surface area contributed by atoms with E-state index in [0.717, 1.165) is 6.07 Å². The van der Waals surface area contributed by atoms with Gasteiger partial charge in [-0.25, -0.2) is 4.79 Å². The predicted octanol–water partition coefficient (Wildman–Crippen LogP) is 3.92. The number of rotatable bonds is 4. The number of amides is 1. The molecule has 2 aromatic rings. The van der Waals surface area contributed by atoms with Gasteiger partial charge in [0.15, 0.2) is 5.76 Å². The van der Waals surface area contributed by atoms with Gasteiger partial charge in [-0.05, 0) is 44.0 Å². The Bertz CT molecular complexity index is 876. The van der Waals surface area contributed by atoms with Crippen LogP contribution in [0.2, 0.25) is 0 Å². The number of alkyl halides is 3. The second kappa shape index (κ2) is 6.64. The zero-order valence-corrected chi connectivity index (χ0v) is 14.2. The van der Waals surface area contributed by atoms with Crippen LogP contribution in [0.1, 0.15) is 30.3 Å². The molecule has 1 aliphatic heterocycles. The third-order valence-electron chi connectivity index (χ3n) is 4.54. The standard InChI is InChI=1S/C18H16F3NO5/c1-17(16(24)25)9-4-10-22(17)15(23)14-8-7-12(26-14)11-5-2-3-6-13(11)27-18(19,20)21/h2-3,5-8H,4,9-10H2,1H3,(H,24,25). The van der Waals surface area contributed by atoms with Crippen molar-refractivity contribution in [2.75, 3.05) is 6.54 Å². The summed E-state index contributed by atoms with van der Waals surface area (Å²) in [6.45, 7) is 1.71. The number of para-hydroxylation sites is 1. The zero-order chi connectivity index (χ0) is 19.8. The molecule has 1 aromatic heterocycles. The summed E-state index contributed by atoms with van der Waals surface area (Å²) in [4.78, 5) is 25.4. The molecule has 144 valence electrons. The van der Waals surface area contributed by atoms with Crippen LogP contribution in [0.5, 0.6) is 5.75 Å². The summed E-state index contributed by atoms with van der Waals surface area (Å²) in [6.07, 6.45) is -4.03. The second-order valence-electron chi connectivity index (χ2n) is 6.35. The highest BCUT2D eigenvalue weighted by atomic mass is 19.4. The van der Waals surface area contributed by atoms with Crippen molar-refractivity contribution in [2.45, 2.75) is 31.7 Å². The summed E-state index contributed by atoms with van der Waals surface area (Å²) in [5, 5.41) is 9.42. The van der Waals surface area contributed by atoms with Crippen molar-refractivity contribution in [2.24, 2.45) is 0 Å². The summed E-state index contributed by atoms with van der Waals surface area (Å²) in [6, 6.07) is 8.04. The number of benzene rings is 1. The normalized spacial score (nSPS) is 19.9. The van der Waals surface area contributed by atoms with Crippen LogP contribution >= 0.6 is 0 Å². The van der Waals surface area contributed by atoms with Crippen LogP contribution in [-0.4, -0.2) is 40.3 Å². The molecule has 6 nitrogen and oxygen atoms in total.